The zero-order chi connectivity index (χ0) is 53.0. The third-order valence-electron chi connectivity index (χ3n) is 14.0. The standard InChI is InChI=1S/C21H20.C16H18S.C14H14.C10H16S.C10H14/c1-13-9-10-17-18(11-13)21(3,4)19-12-14(2)15-7-5-6-8-16(15)20(17)19;1-5-7-13-14-10-12(11(3)4)8-9-16(14)17-15(13)6-2;1-2-12-8-6-7-11-14(12)13-9-4-3-5-10-13;1-9-5-7-10(8-6-9)11(2,3)4;1-8(2)10-6-4-9(3)5-7-10/h5-12H,1-4H3;5-11H,2H2,1,3-4H3;3-11H,2H2,1H3;5-8H,1-4H3;4-8H,1-3H3/b;7-5-;;;. The van der Waals surface area contributed by atoms with Gasteiger partial charge in [-0.25, -0.2) is 10.0 Å². The number of thiophene rings is 1. The number of hydrogen-bond donors (Lipinski definition) is 0. The van der Waals surface area contributed by atoms with Crippen LogP contribution in [0, 0.1) is 27.7 Å². The van der Waals surface area contributed by atoms with Crippen molar-refractivity contribution >= 4 is 54.4 Å². The first-order valence-corrected chi connectivity index (χ1v) is 29.9. The SMILES string of the molecule is C=Cc1sc2ccc(C(C)C)cc2c1/C=C\C.CCc1ccccc1-c1ccccc1.Cc1ccc(C(C)C)cc1.Cc1ccc(S(C)(C)C)cc1.Cc1ccc2c(c1)C(C)(C)c1cc(C)c3ccccc3c1-2. The summed E-state index contributed by atoms with van der Waals surface area (Å²) in [5, 5.41) is 4.12. The highest BCUT2D eigenvalue weighted by Crippen LogP contribution is 2.52. The fourth-order valence-corrected chi connectivity index (χ4v) is 11.5. The Hall–Kier alpha value is -6.19. The number of hydrogen-bond acceptors (Lipinski definition) is 1. The minimum absolute atomic E-state index is 0.0888. The summed E-state index contributed by atoms with van der Waals surface area (Å²) in [6.45, 7) is 30.4. The van der Waals surface area contributed by atoms with Crippen LogP contribution in [0.5, 0.6) is 0 Å². The Morgan fingerprint density at radius 2 is 1.12 bits per heavy atom. The Morgan fingerprint density at radius 1 is 0.562 bits per heavy atom. The van der Waals surface area contributed by atoms with E-state index in [1.807, 2.05) is 17.4 Å². The fourth-order valence-electron chi connectivity index (χ4n) is 9.51. The molecule has 0 fully saturated rings. The predicted octanol–water partition coefficient (Wildman–Crippen LogP) is 21.5. The lowest BCUT2D eigenvalue weighted by Crippen LogP contribution is -2.15. The van der Waals surface area contributed by atoms with Crippen molar-refractivity contribution in [2.75, 3.05) is 18.8 Å². The van der Waals surface area contributed by atoms with E-state index in [-0.39, 0.29) is 5.41 Å². The van der Waals surface area contributed by atoms with Crippen LogP contribution >= 0.6 is 21.4 Å². The van der Waals surface area contributed by atoms with Gasteiger partial charge in [0.2, 0.25) is 0 Å². The Bertz CT molecular complexity index is 3260. The maximum Gasteiger partial charge on any atom is 0.0355 e. The molecule has 1 heterocycles. The third kappa shape index (κ3) is 13.9. The van der Waals surface area contributed by atoms with E-state index in [1.165, 1.54) is 109 Å². The number of aryl methyl sites for hydroxylation is 5. The quantitative estimate of drug-likeness (QED) is 0.149. The number of benzene rings is 8. The van der Waals surface area contributed by atoms with Gasteiger partial charge >= 0.3 is 0 Å². The summed E-state index contributed by atoms with van der Waals surface area (Å²) in [5.41, 5.74) is 19.5. The number of fused-ring (bicyclic) bond motifs is 6. The molecule has 10 rings (SSSR count). The summed E-state index contributed by atoms with van der Waals surface area (Å²) in [6.07, 6.45) is 14.3. The van der Waals surface area contributed by atoms with Crippen molar-refractivity contribution in [3.8, 4) is 22.3 Å². The normalized spacial score (nSPS) is 12.4. The first-order chi connectivity index (χ1) is 34.8. The molecule has 0 nitrogen and oxygen atoms in total. The maximum atomic E-state index is 3.90. The van der Waals surface area contributed by atoms with Gasteiger partial charge in [0.15, 0.2) is 0 Å². The second-order valence-electron chi connectivity index (χ2n) is 21.4. The second kappa shape index (κ2) is 25.2. The van der Waals surface area contributed by atoms with Gasteiger partial charge in [0.05, 0.1) is 0 Å². The van der Waals surface area contributed by atoms with Crippen molar-refractivity contribution in [3.05, 3.63) is 243 Å². The molecular weight excluding hydrogens is 917 g/mol. The van der Waals surface area contributed by atoms with Crippen molar-refractivity contribution in [1.82, 2.24) is 0 Å². The van der Waals surface area contributed by atoms with Crippen molar-refractivity contribution in [2.45, 2.75) is 112 Å². The molecule has 0 radical (unpaired) electrons. The van der Waals surface area contributed by atoms with Gasteiger partial charge in [-0.2, -0.15) is 0 Å². The van der Waals surface area contributed by atoms with Gasteiger partial charge in [-0.1, -0.05) is 236 Å². The highest BCUT2D eigenvalue weighted by Gasteiger charge is 2.36. The summed E-state index contributed by atoms with van der Waals surface area (Å²) >= 11 is 1.81. The van der Waals surface area contributed by atoms with Gasteiger partial charge in [-0.15, -0.1) is 11.3 Å². The van der Waals surface area contributed by atoms with E-state index in [0.29, 0.717) is 11.8 Å². The van der Waals surface area contributed by atoms with Crippen molar-refractivity contribution in [2.24, 2.45) is 0 Å². The van der Waals surface area contributed by atoms with E-state index in [9.17, 15) is 0 Å². The molecule has 0 N–H and O–H groups in total. The van der Waals surface area contributed by atoms with Crippen LogP contribution in [0.1, 0.15) is 128 Å². The fraction of sp³-hybridized carbons (Fsp3) is 0.268. The predicted molar refractivity (Wildman–Crippen MR) is 333 cm³/mol. The lowest BCUT2D eigenvalue weighted by Gasteiger charge is -2.25. The molecule has 0 unspecified atom stereocenters. The highest BCUT2D eigenvalue weighted by molar-refractivity contribution is 8.32. The topological polar surface area (TPSA) is 0 Å². The van der Waals surface area contributed by atoms with Crippen LogP contribution in [0.3, 0.4) is 0 Å². The van der Waals surface area contributed by atoms with Crippen molar-refractivity contribution < 1.29 is 0 Å². The van der Waals surface area contributed by atoms with Gasteiger partial charge < -0.3 is 0 Å². The molecule has 2 heteroatoms. The molecule has 1 aromatic heterocycles. The summed E-state index contributed by atoms with van der Waals surface area (Å²) in [4.78, 5) is 2.75. The molecule has 378 valence electrons. The largest absolute Gasteiger partial charge is 0.223 e. The molecule has 0 saturated carbocycles. The molecule has 9 aromatic rings. The number of allylic oxidation sites excluding steroid dienone is 1. The average Bonchev–Trinajstić information content (AvgIpc) is 3.84. The van der Waals surface area contributed by atoms with E-state index < -0.39 is 10.0 Å². The molecule has 0 spiro atoms. The van der Waals surface area contributed by atoms with E-state index in [1.54, 1.807) is 0 Å². The number of rotatable bonds is 7. The third-order valence-corrected chi connectivity index (χ3v) is 16.8. The molecule has 0 atom stereocenters. The Kier molecular flexibility index (Phi) is 19.3. The van der Waals surface area contributed by atoms with Gasteiger partial charge in [0.25, 0.3) is 0 Å². The van der Waals surface area contributed by atoms with Gasteiger partial charge in [-0.3, -0.25) is 0 Å². The molecule has 1 aliphatic carbocycles. The zero-order valence-corrected chi connectivity index (χ0v) is 48.4. The van der Waals surface area contributed by atoms with Gasteiger partial charge in [0.1, 0.15) is 0 Å². The summed E-state index contributed by atoms with van der Waals surface area (Å²) in [5.74, 6) is 1.23. The molecule has 0 aliphatic heterocycles. The minimum Gasteiger partial charge on any atom is -0.223 e. The Balaban J connectivity index is 0.000000153. The molecule has 0 bridgehead atoms. The van der Waals surface area contributed by atoms with Crippen LogP contribution in [0.15, 0.2) is 187 Å². The van der Waals surface area contributed by atoms with E-state index in [4.69, 9.17) is 0 Å². The van der Waals surface area contributed by atoms with Crippen LogP contribution < -0.4 is 0 Å². The first kappa shape index (κ1) is 56.1. The lowest BCUT2D eigenvalue weighted by atomic mass is 9.81. The summed E-state index contributed by atoms with van der Waals surface area (Å²) in [6, 6.07) is 61.6. The van der Waals surface area contributed by atoms with Crippen LogP contribution in [-0.4, -0.2) is 18.8 Å². The second-order valence-corrected chi connectivity index (χ2v) is 26.7. The zero-order valence-electron chi connectivity index (χ0n) is 46.8. The molecule has 8 aromatic carbocycles. The smallest absolute Gasteiger partial charge is 0.0355 e. The Morgan fingerprint density at radius 3 is 1.71 bits per heavy atom. The van der Waals surface area contributed by atoms with Crippen LogP contribution in [0.4, 0.5) is 0 Å². The molecular formula is C71H82S2. The van der Waals surface area contributed by atoms with Gasteiger partial charge in [0, 0.05) is 20.4 Å². The van der Waals surface area contributed by atoms with E-state index >= 15 is 0 Å². The highest BCUT2D eigenvalue weighted by atomic mass is 32.3. The maximum absolute atomic E-state index is 3.90. The van der Waals surface area contributed by atoms with Crippen molar-refractivity contribution in [1.29, 1.82) is 0 Å². The first-order valence-electron chi connectivity index (χ1n) is 26.2. The molecule has 1 aliphatic rings. The molecule has 0 amide bonds. The summed E-state index contributed by atoms with van der Waals surface area (Å²) in [7, 11) is -0.520. The van der Waals surface area contributed by atoms with E-state index in [0.717, 1.165) is 6.42 Å². The minimum atomic E-state index is -0.520. The van der Waals surface area contributed by atoms with Gasteiger partial charge in [-0.05, 0) is 173 Å². The van der Waals surface area contributed by atoms with Crippen LogP contribution in [0.25, 0.3) is 55.3 Å². The lowest BCUT2D eigenvalue weighted by molar-refractivity contribution is 0.659. The Labute approximate surface area is 447 Å². The molecule has 0 saturated heterocycles. The summed E-state index contributed by atoms with van der Waals surface area (Å²) < 4.78 is 1.34. The molecule has 73 heavy (non-hydrogen) atoms. The van der Waals surface area contributed by atoms with Crippen LogP contribution in [0.2, 0.25) is 0 Å². The monoisotopic (exact) mass is 999 g/mol. The van der Waals surface area contributed by atoms with Crippen molar-refractivity contribution in [3.63, 3.8) is 0 Å². The van der Waals surface area contributed by atoms with E-state index in [2.05, 4.69) is 290 Å². The average molecular weight is 1000 g/mol. The van der Waals surface area contributed by atoms with Crippen LogP contribution in [-0.2, 0) is 11.8 Å².